The number of hydrogen-bond acceptors (Lipinski definition) is 9. The van der Waals surface area contributed by atoms with Crippen LogP contribution in [0.4, 0.5) is 4.79 Å². The zero-order chi connectivity index (χ0) is 12.8. The minimum absolute atomic E-state index is 0. The summed E-state index contributed by atoms with van der Waals surface area (Å²) in [6.07, 6.45) is -4.37. The second kappa shape index (κ2) is 24.8. The van der Waals surface area contributed by atoms with Crippen LogP contribution >= 0.6 is 0 Å². The van der Waals surface area contributed by atoms with Gasteiger partial charge in [-0.05, 0) is 18.4 Å². The molecule has 11 heteroatoms. The van der Waals surface area contributed by atoms with E-state index in [9.17, 15) is 4.79 Å². The Kier molecular flexibility index (Phi) is 41.5. The molecule has 10 nitrogen and oxygen atoms in total. The number of aliphatic carboxylic acids is 1. The first-order chi connectivity index (χ1) is 6.53. The van der Waals surface area contributed by atoms with Gasteiger partial charge >= 0.3 is 22.7 Å². The Labute approximate surface area is 119 Å². The van der Waals surface area contributed by atoms with Crippen molar-refractivity contribution in [1.82, 2.24) is 24.6 Å². The molecule has 0 fully saturated rings. The molecule has 18 heavy (non-hydrogen) atoms. The first kappa shape index (κ1) is 30.1. The first-order valence-corrected chi connectivity index (χ1v) is 3.23. The molecule has 14 N–H and O–H groups in total. The van der Waals surface area contributed by atoms with Crippen LogP contribution in [0.1, 0.15) is 23.0 Å². The van der Waals surface area contributed by atoms with E-state index < -0.39 is 30.1 Å². The molecule has 0 bridgehead atoms. The average molecular weight is 318 g/mol. The number of carboxylic acids is 1. The van der Waals surface area contributed by atoms with Gasteiger partial charge in [0.1, 0.15) is 5.71 Å². The van der Waals surface area contributed by atoms with Gasteiger partial charge in [0.2, 0.25) is 0 Å². The van der Waals surface area contributed by atoms with Crippen LogP contribution in [0, 0.1) is 11.3 Å². The van der Waals surface area contributed by atoms with Gasteiger partial charge in [-0.2, -0.15) is 0 Å². The number of carboxylic acid groups (broad SMARTS) is 3. The minimum Gasteiger partial charge on any atom is -0.652 e. The van der Waals surface area contributed by atoms with Crippen LogP contribution in [0.25, 0.3) is 0 Å². The van der Waals surface area contributed by atoms with Crippen molar-refractivity contribution in [2.24, 2.45) is 5.92 Å². The molecule has 0 aromatic heterocycles. The van der Waals surface area contributed by atoms with Crippen molar-refractivity contribution in [3.05, 3.63) is 0 Å². The third-order valence-corrected chi connectivity index (χ3v) is 0.647. The second-order valence-corrected chi connectivity index (χ2v) is 2.23. The van der Waals surface area contributed by atoms with Crippen molar-refractivity contribution in [3.8, 4) is 0 Å². The van der Waals surface area contributed by atoms with E-state index >= 15 is 0 Å². The SMILES string of the molecule is N.N.N.N.O=C([O-])[O-].[2H]C([2H])(C(=N)C(=O)O)C(C)C.[Co+2]. The van der Waals surface area contributed by atoms with Crippen LogP contribution in [0.5, 0.6) is 0 Å². The first-order valence-electron chi connectivity index (χ1n) is 4.23. The largest absolute Gasteiger partial charge is 2.00 e. The van der Waals surface area contributed by atoms with Gasteiger partial charge < -0.3 is 44.7 Å². The molecule has 0 aromatic carbocycles. The number of carbonyl (C=O) groups is 2. The van der Waals surface area contributed by atoms with E-state index in [2.05, 4.69) is 0 Å². The Balaban J connectivity index is -0.0000000338. The molecule has 0 saturated carbocycles. The van der Waals surface area contributed by atoms with Crippen molar-refractivity contribution in [2.45, 2.75) is 20.2 Å². The van der Waals surface area contributed by atoms with Gasteiger partial charge in [-0.3, -0.25) is 5.41 Å². The van der Waals surface area contributed by atoms with Crippen molar-refractivity contribution in [3.63, 3.8) is 0 Å². The van der Waals surface area contributed by atoms with Crippen LogP contribution in [-0.4, -0.2) is 22.9 Å². The second-order valence-electron chi connectivity index (χ2n) is 2.23. The molecular formula is C7H23CoN5O5. The molecule has 0 atom stereocenters. The predicted octanol–water partition coefficient (Wildman–Crippen LogP) is -0.665. The normalized spacial score (nSPS) is 8.61. The molecule has 1 radical (unpaired) electrons. The topological polar surface area (TPSA) is 264 Å². The predicted molar refractivity (Wildman–Crippen MR) is 60.3 cm³/mol. The minimum atomic E-state index is -2.33. The summed E-state index contributed by atoms with van der Waals surface area (Å²) in [5, 5.41) is 31.9. The molecule has 0 aliphatic rings. The maximum atomic E-state index is 10.2. The molecule has 0 heterocycles. The van der Waals surface area contributed by atoms with E-state index in [1.807, 2.05) is 0 Å². The van der Waals surface area contributed by atoms with E-state index in [-0.39, 0.29) is 41.4 Å². The van der Waals surface area contributed by atoms with Crippen LogP contribution in [-0.2, 0) is 21.6 Å². The Hall–Kier alpha value is -1.24. The monoisotopic (exact) mass is 318 g/mol. The van der Waals surface area contributed by atoms with Crippen LogP contribution in [0.15, 0.2) is 0 Å². The quantitative estimate of drug-likeness (QED) is 0.359. The summed E-state index contributed by atoms with van der Waals surface area (Å²) in [7, 11) is 0. The molecule has 0 spiro atoms. The van der Waals surface area contributed by atoms with Gasteiger partial charge in [-0.25, -0.2) is 4.79 Å². The standard InChI is InChI=1S/C6H11NO2.CH2O3.Co.4H3N/c1-4(2)3-5(7)6(8)9;2-1(3)4;;;;;/h4,7H,3H2,1-2H3,(H,8,9);(H2,2,3,4);;4*1H3/q;;+2;;;;/p-2/i3D2;;;;;;. The zero-order valence-electron chi connectivity index (χ0n) is 12.3. The summed E-state index contributed by atoms with van der Waals surface area (Å²) in [6.45, 7) is 3.08. The van der Waals surface area contributed by atoms with E-state index in [1.165, 1.54) is 13.8 Å². The molecule has 0 aromatic rings. The third-order valence-electron chi connectivity index (χ3n) is 0.647. The summed E-state index contributed by atoms with van der Waals surface area (Å²) in [5.74, 6) is -1.99. The molecule has 115 valence electrons. The van der Waals surface area contributed by atoms with Crippen LogP contribution < -0.4 is 34.8 Å². The smallest absolute Gasteiger partial charge is 0.652 e. The van der Waals surface area contributed by atoms with Crippen molar-refractivity contribution in [1.29, 1.82) is 5.41 Å². The average Bonchev–Trinajstić information content (AvgIpc) is 2.01. The van der Waals surface area contributed by atoms with E-state index in [0.717, 1.165) is 0 Å². The summed E-state index contributed by atoms with van der Waals surface area (Å²) in [5.41, 5.74) is -0.882. The van der Waals surface area contributed by atoms with E-state index in [0.29, 0.717) is 0 Å². The van der Waals surface area contributed by atoms with Gasteiger partial charge in [-0.15, -0.1) is 0 Å². The van der Waals surface area contributed by atoms with Crippen LogP contribution in [0.2, 0.25) is 0 Å². The summed E-state index contributed by atoms with van der Waals surface area (Å²) in [6, 6.07) is 0. The number of nitrogens with one attached hydrogen (secondary N) is 1. The zero-order valence-corrected chi connectivity index (χ0v) is 11.4. The molecule has 0 aliphatic carbocycles. The number of carbonyl (C=O) groups excluding carboxylic acids is 1. The Bertz CT molecular complexity index is 276. The summed E-state index contributed by atoms with van der Waals surface area (Å²) in [4.78, 5) is 18.5. The van der Waals surface area contributed by atoms with E-state index in [1.54, 1.807) is 0 Å². The fourth-order valence-corrected chi connectivity index (χ4v) is 0.350. The fourth-order valence-electron chi connectivity index (χ4n) is 0.350. The maximum absolute atomic E-state index is 10.2. The summed E-state index contributed by atoms with van der Waals surface area (Å²) < 4.78 is 14.4. The van der Waals surface area contributed by atoms with Crippen molar-refractivity contribution < 1.29 is 44.4 Å². The van der Waals surface area contributed by atoms with Gasteiger partial charge in [0.25, 0.3) is 0 Å². The van der Waals surface area contributed by atoms with Gasteiger partial charge in [0, 0.05) is 2.74 Å². The molecule has 0 amide bonds. The van der Waals surface area contributed by atoms with Gasteiger partial charge in [0.15, 0.2) is 0 Å². The fraction of sp³-hybridized carbons (Fsp3) is 0.571. The molecule has 0 unspecified atom stereocenters. The summed E-state index contributed by atoms with van der Waals surface area (Å²) >= 11 is 0. The van der Waals surface area contributed by atoms with Crippen molar-refractivity contribution >= 4 is 17.8 Å². The molecular weight excluding hydrogens is 293 g/mol. The number of rotatable bonds is 3. The Morgan fingerprint density at radius 3 is 1.50 bits per heavy atom. The molecule has 0 saturated heterocycles. The number of hydrogen-bond donors (Lipinski definition) is 6. The molecule has 0 rings (SSSR count). The van der Waals surface area contributed by atoms with Crippen LogP contribution in [0.3, 0.4) is 0 Å². The maximum Gasteiger partial charge on any atom is 2.00 e. The molecule has 0 aliphatic heterocycles. The Morgan fingerprint density at radius 1 is 1.22 bits per heavy atom. The van der Waals surface area contributed by atoms with E-state index in [4.69, 9.17) is 28.3 Å². The Morgan fingerprint density at radius 2 is 1.44 bits per heavy atom. The van der Waals surface area contributed by atoms with Crippen molar-refractivity contribution in [2.75, 3.05) is 0 Å². The van der Waals surface area contributed by atoms with Gasteiger partial charge in [0.05, 0.1) is 0 Å². The van der Waals surface area contributed by atoms with Gasteiger partial charge in [-0.1, -0.05) is 13.8 Å². The third kappa shape index (κ3) is 61.2.